The van der Waals surface area contributed by atoms with E-state index in [1.165, 1.54) is 6.20 Å². The lowest BCUT2D eigenvalue weighted by Gasteiger charge is -2.00. The van der Waals surface area contributed by atoms with Crippen molar-refractivity contribution in [1.29, 1.82) is 0 Å². The molecule has 0 fully saturated rings. The molecule has 0 aliphatic heterocycles. The van der Waals surface area contributed by atoms with Gasteiger partial charge in [0.25, 0.3) is 5.88 Å². The van der Waals surface area contributed by atoms with E-state index in [1.54, 1.807) is 12.1 Å². The van der Waals surface area contributed by atoms with Crippen molar-refractivity contribution in [2.45, 2.75) is 13.3 Å². The van der Waals surface area contributed by atoms with Crippen molar-refractivity contribution in [3.63, 3.8) is 0 Å². The Bertz CT molecular complexity index is 522. The second kappa shape index (κ2) is 4.13. The van der Waals surface area contributed by atoms with E-state index < -0.39 is 4.92 Å². The Kier molecular flexibility index (Phi) is 2.67. The summed E-state index contributed by atoms with van der Waals surface area (Å²) < 4.78 is 6.44. The highest BCUT2D eigenvalue weighted by atomic mass is 16.6. The molecule has 16 heavy (non-hydrogen) atoms. The fourth-order valence-electron chi connectivity index (χ4n) is 1.25. The molecule has 84 valence electrons. The number of nitrogens with zero attached hydrogens (tertiary/aromatic N) is 4. The summed E-state index contributed by atoms with van der Waals surface area (Å²) in [6.45, 7) is 2.50. The smallest absolute Gasteiger partial charge is 0.368 e. The normalized spacial score (nSPS) is 10.6. The van der Waals surface area contributed by atoms with E-state index in [-0.39, 0.29) is 5.82 Å². The summed E-state index contributed by atoms with van der Waals surface area (Å²) in [7, 11) is 0. The molecule has 0 aliphatic carbocycles. The van der Waals surface area contributed by atoms with Crippen molar-refractivity contribution in [2.75, 3.05) is 6.61 Å². The van der Waals surface area contributed by atoms with Gasteiger partial charge in [-0.25, -0.2) is 4.98 Å². The molecule has 2 rings (SSSR count). The van der Waals surface area contributed by atoms with Crippen LogP contribution in [0.25, 0.3) is 5.65 Å². The SMILES string of the molecule is CCCOc1ccc2ncc([N+](=O)[O-])n2n1. The van der Waals surface area contributed by atoms with Gasteiger partial charge in [0.05, 0.1) is 6.61 Å². The molecule has 0 saturated heterocycles. The van der Waals surface area contributed by atoms with Gasteiger partial charge >= 0.3 is 5.82 Å². The molecule has 2 heterocycles. The van der Waals surface area contributed by atoms with Crippen molar-refractivity contribution in [3.8, 4) is 5.88 Å². The Hall–Kier alpha value is -2.18. The average Bonchev–Trinajstić information content (AvgIpc) is 2.69. The van der Waals surface area contributed by atoms with Gasteiger partial charge in [-0.15, -0.1) is 0 Å². The molecule has 0 atom stereocenters. The monoisotopic (exact) mass is 222 g/mol. The largest absolute Gasteiger partial charge is 0.475 e. The molecular formula is C9H10N4O3. The zero-order chi connectivity index (χ0) is 11.5. The van der Waals surface area contributed by atoms with Crippen LogP contribution in [0.1, 0.15) is 13.3 Å². The van der Waals surface area contributed by atoms with Gasteiger partial charge in [-0.3, -0.25) is 0 Å². The Balaban J connectivity index is 2.42. The summed E-state index contributed by atoms with van der Waals surface area (Å²) >= 11 is 0. The first-order chi connectivity index (χ1) is 7.72. The van der Waals surface area contributed by atoms with Crippen LogP contribution in [-0.4, -0.2) is 26.1 Å². The molecule has 7 nitrogen and oxygen atoms in total. The van der Waals surface area contributed by atoms with Crippen molar-refractivity contribution in [3.05, 3.63) is 28.4 Å². The van der Waals surface area contributed by atoms with E-state index >= 15 is 0 Å². The van der Waals surface area contributed by atoms with Gasteiger partial charge in [0, 0.05) is 12.1 Å². The van der Waals surface area contributed by atoms with Crippen LogP contribution in [0.2, 0.25) is 0 Å². The lowest BCUT2D eigenvalue weighted by molar-refractivity contribution is -0.391. The van der Waals surface area contributed by atoms with Crippen LogP contribution in [0.15, 0.2) is 18.3 Å². The number of aromatic nitrogens is 3. The van der Waals surface area contributed by atoms with Gasteiger partial charge in [0.15, 0.2) is 0 Å². The number of imidazole rings is 1. The molecule has 0 N–H and O–H groups in total. The summed E-state index contributed by atoms with van der Waals surface area (Å²) in [6.07, 6.45) is 2.03. The highest BCUT2D eigenvalue weighted by molar-refractivity contribution is 5.43. The summed E-state index contributed by atoms with van der Waals surface area (Å²) in [5, 5.41) is 14.6. The maximum atomic E-state index is 10.7. The summed E-state index contributed by atoms with van der Waals surface area (Å²) in [4.78, 5) is 14.0. The van der Waals surface area contributed by atoms with Gasteiger partial charge < -0.3 is 14.9 Å². The first kappa shape index (κ1) is 10.3. The quantitative estimate of drug-likeness (QED) is 0.577. The Morgan fingerprint density at radius 3 is 3.06 bits per heavy atom. The minimum Gasteiger partial charge on any atom is -0.475 e. The van der Waals surface area contributed by atoms with Crippen molar-refractivity contribution < 1.29 is 9.66 Å². The molecule has 0 amide bonds. The van der Waals surface area contributed by atoms with Crippen LogP contribution in [0.4, 0.5) is 5.82 Å². The van der Waals surface area contributed by atoms with Crippen LogP contribution in [0.3, 0.4) is 0 Å². The number of fused-ring (bicyclic) bond motifs is 1. The standard InChI is InChI=1S/C9H10N4O3/c1-2-5-16-8-4-3-7-10-6-9(13(14)15)12(7)11-8/h3-4,6H,2,5H2,1H3. The molecule has 0 aliphatic rings. The van der Waals surface area contributed by atoms with Gasteiger partial charge in [-0.1, -0.05) is 11.4 Å². The molecule has 0 unspecified atom stereocenters. The molecule has 0 spiro atoms. The van der Waals surface area contributed by atoms with Gasteiger partial charge in [-0.2, -0.15) is 0 Å². The van der Waals surface area contributed by atoms with Crippen LogP contribution in [-0.2, 0) is 0 Å². The van der Waals surface area contributed by atoms with Crippen LogP contribution < -0.4 is 4.74 Å². The Morgan fingerprint density at radius 1 is 1.56 bits per heavy atom. The van der Waals surface area contributed by atoms with Gasteiger partial charge in [0.2, 0.25) is 5.65 Å². The van der Waals surface area contributed by atoms with Crippen LogP contribution in [0.5, 0.6) is 5.88 Å². The molecular weight excluding hydrogens is 212 g/mol. The molecule has 0 radical (unpaired) electrons. The van der Waals surface area contributed by atoms with E-state index in [0.29, 0.717) is 18.1 Å². The lowest BCUT2D eigenvalue weighted by Crippen LogP contribution is -2.02. The second-order valence-corrected chi connectivity index (χ2v) is 3.16. The van der Waals surface area contributed by atoms with Crippen LogP contribution >= 0.6 is 0 Å². The summed E-state index contributed by atoms with van der Waals surface area (Å²) in [5.41, 5.74) is 0.426. The highest BCUT2D eigenvalue weighted by Crippen LogP contribution is 2.15. The van der Waals surface area contributed by atoms with E-state index in [2.05, 4.69) is 10.1 Å². The molecule has 0 aromatic carbocycles. The molecule has 7 heteroatoms. The zero-order valence-electron chi connectivity index (χ0n) is 8.66. The van der Waals surface area contributed by atoms with Crippen molar-refractivity contribution >= 4 is 11.5 Å². The Labute approximate surface area is 90.8 Å². The molecule has 2 aromatic rings. The number of rotatable bonds is 4. The third kappa shape index (κ3) is 1.79. The lowest BCUT2D eigenvalue weighted by atomic mass is 10.5. The third-order valence-corrected chi connectivity index (χ3v) is 1.96. The zero-order valence-corrected chi connectivity index (χ0v) is 8.66. The number of hydrogen-bond donors (Lipinski definition) is 0. The molecule has 0 saturated carbocycles. The summed E-state index contributed by atoms with van der Waals surface area (Å²) in [6, 6.07) is 3.27. The molecule has 0 bridgehead atoms. The topological polar surface area (TPSA) is 82.6 Å². The van der Waals surface area contributed by atoms with E-state index in [0.717, 1.165) is 10.9 Å². The van der Waals surface area contributed by atoms with Crippen molar-refractivity contribution in [1.82, 2.24) is 14.6 Å². The Morgan fingerprint density at radius 2 is 2.38 bits per heavy atom. The van der Waals surface area contributed by atoms with E-state index in [9.17, 15) is 10.1 Å². The highest BCUT2D eigenvalue weighted by Gasteiger charge is 2.16. The maximum absolute atomic E-state index is 10.7. The fourth-order valence-corrected chi connectivity index (χ4v) is 1.25. The van der Waals surface area contributed by atoms with Gasteiger partial charge in [-0.05, 0) is 16.4 Å². The second-order valence-electron chi connectivity index (χ2n) is 3.16. The maximum Gasteiger partial charge on any atom is 0.368 e. The average molecular weight is 222 g/mol. The third-order valence-electron chi connectivity index (χ3n) is 1.96. The minimum absolute atomic E-state index is 0.169. The first-order valence-electron chi connectivity index (χ1n) is 4.84. The number of ether oxygens (including phenoxy) is 1. The molecule has 2 aromatic heterocycles. The summed E-state index contributed by atoms with van der Waals surface area (Å²) in [5.74, 6) is 0.187. The number of nitro groups is 1. The minimum atomic E-state index is -0.531. The van der Waals surface area contributed by atoms with Crippen LogP contribution in [0, 0.1) is 10.1 Å². The first-order valence-corrected chi connectivity index (χ1v) is 4.84. The predicted octanol–water partition coefficient (Wildman–Crippen LogP) is 1.43. The van der Waals surface area contributed by atoms with Gasteiger partial charge in [0.1, 0.15) is 6.20 Å². The predicted molar refractivity (Wildman–Crippen MR) is 55.4 cm³/mol. The fraction of sp³-hybridized carbons (Fsp3) is 0.333. The van der Waals surface area contributed by atoms with E-state index in [4.69, 9.17) is 4.74 Å². The number of hydrogen-bond acceptors (Lipinski definition) is 5. The van der Waals surface area contributed by atoms with Crippen molar-refractivity contribution in [2.24, 2.45) is 0 Å². The van der Waals surface area contributed by atoms with E-state index in [1.807, 2.05) is 6.92 Å².